The molecular weight excluding hydrogens is 509 g/mol. The van der Waals surface area contributed by atoms with Crippen LogP contribution in [0.5, 0.6) is 17.2 Å². The largest absolute Gasteiger partial charge is 0.497 e. The highest BCUT2D eigenvalue weighted by atomic mass is 127. The van der Waals surface area contributed by atoms with Crippen molar-refractivity contribution in [3.8, 4) is 17.2 Å². The Bertz CT molecular complexity index is 823. The van der Waals surface area contributed by atoms with Crippen molar-refractivity contribution in [1.29, 1.82) is 0 Å². The minimum absolute atomic E-state index is 0. The maximum absolute atomic E-state index is 10.6. The third-order valence-corrected chi connectivity index (χ3v) is 4.30. The summed E-state index contributed by atoms with van der Waals surface area (Å²) in [5.41, 5.74) is 1.66. The van der Waals surface area contributed by atoms with Crippen LogP contribution in [0, 0.1) is 0 Å². The third-order valence-electron chi connectivity index (χ3n) is 4.30. The van der Waals surface area contributed by atoms with Gasteiger partial charge in [0, 0.05) is 24.7 Å². The van der Waals surface area contributed by atoms with Crippen molar-refractivity contribution in [3.05, 3.63) is 66.2 Å². The summed E-state index contributed by atoms with van der Waals surface area (Å²) in [5, 5.41) is 17.0. The smallest absolute Gasteiger partial charge is 0.191 e. The number of hydrogen-bond donors (Lipinski definition) is 3. The van der Waals surface area contributed by atoms with Crippen LogP contribution in [-0.2, 0) is 6.54 Å². The zero-order valence-electron chi connectivity index (χ0n) is 18.3. The molecule has 1 atom stereocenters. The number of guanidine groups is 1. The maximum Gasteiger partial charge on any atom is 0.191 e. The number of aliphatic hydroxyl groups is 1. The lowest BCUT2D eigenvalue weighted by atomic mass is 10.1. The monoisotopic (exact) mass is 541 g/mol. The van der Waals surface area contributed by atoms with Crippen LogP contribution in [0.4, 0.5) is 0 Å². The molecule has 0 amide bonds. The maximum atomic E-state index is 10.6. The van der Waals surface area contributed by atoms with Gasteiger partial charge in [-0.05, 0) is 30.7 Å². The first-order valence-corrected chi connectivity index (χ1v) is 9.86. The minimum atomic E-state index is -0.763. The van der Waals surface area contributed by atoms with Gasteiger partial charge in [-0.3, -0.25) is 0 Å². The van der Waals surface area contributed by atoms with Crippen molar-refractivity contribution in [2.75, 3.05) is 33.9 Å². The predicted octanol–water partition coefficient (Wildman–Crippen LogP) is 3.68. The molecule has 7 nitrogen and oxygen atoms in total. The molecule has 31 heavy (non-hydrogen) atoms. The number of para-hydroxylation sites is 1. The molecule has 0 spiro atoms. The number of rotatable bonds is 11. The normalized spacial score (nSPS) is 11.7. The lowest BCUT2D eigenvalue weighted by molar-refractivity contribution is 0.180. The second-order valence-electron chi connectivity index (χ2n) is 6.45. The lowest BCUT2D eigenvalue weighted by Gasteiger charge is -2.17. The van der Waals surface area contributed by atoms with Gasteiger partial charge in [0.25, 0.3) is 0 Å². The van der Waals surface area contributed by atoms with Crippen molar-refractivity contribution < 1.29 is 19.3 Å². The first kappa shape index (κ1) is 26.6. The highest BCUT2D eigenvalue weighted by Gasteiger charge is 2.12. The third kappa shape index (κ3) is 8.66. The highest BCUT2D eigenvalue weighted by Crippen LogP contribution is 2.26. The van der Waals surface area contributed by atoms with E-state index in [0.717, 1.165) is 11.3 Å². The SMILES string of the molecule is C=CCOc1ccccc1CN=C(NCC)NCC(O)c1cc(OC)cc(OC)c1.I. The summed E-state index contributed by atoms with van der Waals surface area (Å²) in [4.78, 5) is 4.61. The molecule has 8 heteroatoms. The summed E-state index contributed by atoms with van der Waals surface area (Å²) in [7, 11) is 3.16. The van der Waals surface area contributed by atoms with E-state index in [4.69, 9.17) is 14.2 Å². The minimum Gasteiger partial charge on any atom is -0.497 e. The van der Waals surface area contributed by atoms with Crippen molar-refractivity contribution in [1.82, 2.24) is 10.6 Å². The Labute approximate surface area is 201 Å². The van der Waals surface area contributed by atoms with Crippen molar-refractivity contribution in [2.45, 2.75) is 19.6 Å². The molecule has 3 N–H and O–H groups in total. The van der Waals surface area contributed by atoms with E-state index in [1.807, 2.05) is 31.2 Å². The van der Waals surface area contributed by atoms with Crippen molar-refractivity contribution in [3.63, 3.8) is 0 Å². The molecule has 0 fully saturated rings. The summed E-state index contributed by atoms with van der Waals surface area (Å²) in [6.07, 6.45) is 0.946. The summed E-state index contributed by atoms with van der Waals surface area (Å²) in [6, 6.07) is 13.1. The Morgan fingerprint density at radius 3 is 2.42 bits per heavy atom. The molecule has 0 aromatic heterocycles. The van der Waals surface area contributed by atoms with Gasteiger partial charge in [0.15, 0.2) is 5.96 Å². The van der Waals surface area contributed by atoms with Gasteiger partial charge in [-0.1, -0.05) is 30.9 Å². The molecule has 1 unspecified atom stereocenters. The Balaban J connectivity index is 0.00000480. The standard InChI is InChI=1S/C23H31N3O4.HI/c1-5-11-30-22-10-8-7-9-17(22)15-25-23(24-6-2)26-16-21(27)18-12-19(28-3)14-20(13-18)29-4;/h5,7-10,12-14,21,27H,1,6,11,15-16H2,2-4H3,(H2,24,25,26);1H. The van der Waals surface area contributed by atoms with E-state index in [9.17, 15) is 5.11 Å². The number of nitrogens with one attached hydrogen (secondary N) is 2. The Hall–Kier alpha value is -2.46. The fourth-order valence-electron chi connectivity index (χ4n) is 2.76. The molecular formula is C23H32IN3O4. The second kappa shape index (κ2) is 14.5. The number of aliphatic imine (C=N–C) groups is 1. The highest BCUT2D eigenvalue weighted by molar-refractivity contribution is 14.0. The molecule has 2 aromatic rings. The van der Waals surface area contributed by atoms with Crippen LogP contribution >= 0.6 is 24.0 Å². The van der Waals surface area contributed by atoms with Gasteiger partial charge >= 0.3 is 0 Å². The first-order valence-electron chi connectivity index (χ1n) is 9.86. The predicted molar refractivity (Wildman–Crippen MR) is 135 cm³/mol. The summed E-state index contributed by atoms with van der Waals surface area (Å²) >= 11 is 0. The zero-order valence-corrected chi connectivity index (χ0v) is 20.6. The van der Waals surface area contributed by atoms with E-state index in [0.29, 0.717) is 42.7 Å². The van der Waals surface area contributed by atoms with Gasteiger partial charge in [0.1, 0.15) is 23.9 Å². The summed E-state index contributed by atoms with van der Waals surface area (Å²) in [6.45, 7) is 7.52. The van der Waals surface area contributed by atoms with Gasteiger partial charge < -0.3 is 30.0 Å². The Morgan fingerprint density at radius 1 is 1.13 bits per heavy atom. The van der Waals surface area contributed by atoms with Crippen LogP contribution in [-0.4, -0.2) is 45.0 Å². The topological polar surface area (TPSA) is 84.3 Å². The number of ether oxygens (including phenoxy) is 3. The van der Waals surface area contributed by atoms with Gasteiger partial charge in [-0.25, -0.2) is 4.99 Å². The number of benzene rings is 2. The number of aliphatic hydroxyl groups excluding tert-OH is 1. The average molecular weight is 541 g/mol. The molecule has 0 aliphatic rings. The van der Waals surface area contributed by atoms with Crippen molar-refractivity contribution in [2.24, 2.45) is 4.99 Å². The molecule has 2 aromatic carbocycles. The average Bonchev–Trinajstić information content (AvgIpc) is 2.79. The molecule has 2 rings (SSSR count). The summed E-state index contributed by atoms with van der Waals surface area (Å²) < 4.78 is 16.2. The quantitative estimate of drug-likeness (QED) is 0.174. The first-order chi connectivity index (χ1) is 14.6. The number of nitrogens with zero attached hydrogens (tertiary/aromatic N) is 1. The molecule has 0 heterocycles. The van der Waals surface area contributed by atoms with Crippen LogP contribution in [0.15, 0.2) is 60.1 Å². The second-order valence-corrected chi connectivity index (χ2v) is 6.45. The van der Waals surface area contributed by atoms with E-state index in [1.54, 1.807) is 38.5 Å². The van der Waals surface area contributed by atoms with E-state index in [1.165, 1.54) is 0 Å². The molecule has 0 aliphatic carbocycles. The van der Waals surface area contributed by atoms with E-state index in [-0.39, 0.29) is 30.5 Å². The van der Waals surface area contributed by atoms with Gasteiger partial charge in [0.05, 0.1) is 26.9 Å². The number of hydrogen-bond acceptors (Lipinski definition) is 5. The zero-order chi connectivity index (χ0) is 21.8. The molecule has 0 aliphatic heterocycles. The fraction of sp³-hybridized carbons (Fsp3) is 0.348. The van der Waals surface area contributed by atoms with E-state index in [2.05, 4.69) is 22.2 Å². The van der Waals surface area contributed by atoms with Crippen LogP contribution in [0.2, 0.25) is 0 Å². The van der Waals surface area contributed by atoms with Gasteiger partial charge in [-0.2, -0.15) is 0 Å². The molecule has 0 saturated heterocycles. The van der Waals surface area contributed by atoms with E-state index >= 15 is 0 Å². The molecule has 170 valence electrons. The van der Waals surface area contributed by atoms with E-state index < -0.39 is 6.10 Å². The van der Waals surface area contributed by atoms with Crippen LogP contribution in [0.3, 0.4) is 0 Å². The molecule has 0 bridgehead atoms. The Morgan fingerprint density at radius 2 is 1.81 bits per heavy atom. The molecule has 0 radical (unpaired) electrons. The lowest BCUT2D eigenvalue weighted by Crippen LogP contribution is -2.39. The van der Waals surface area contributed by atoms with Crippen molar-refractivity contribution >= 4 is 29.9 Å². The van der Waals surface area contributed by atoms with Crippen LogP contribution < -0.4 is 24.8 Å². The molecule has 0 saturated carbocycles. The van der Waals surface area contributed by atoms with Crippen LogP contribution in [0.25, 0.3) is 0 Å². The van der Waals surface area contributed by atoms with Gasteiger partial charge in [-0.15, -0.1) is 24.0 Å². The number of methoxy groups -OCH3 is 2. The number of halogens is 1. The summed E-state index contributed by atoms with van der Waals surface area (Å²) in [5.74, 6) is 2.63. The Kier molecular flexibility index (Phi) is 12.5. The van der Waals surface area contributed by atoms with Crippen LogP contribution in [0.1, 0.15) is 24.2 Å². The fourth-order valence-corrected chi connectivity index (χ4v) is 2.76. The van der Waals surface area contributed by atoms with Gasteiger partial charge in [0.2, 0.25) is 0 Å².